The molecule has 6 heteroatoms. The summed E-state index contributed by atoms with van der Waals surface area (Å²) in [4.78, 5) is 4.87. The van der Waals surface area contributed by atoms with Gasteiger partial charge >= 0.3 is 0 Å². The summed E-state index contributed by atoms with van der Waals surface area (Å²) >= 11 is 0. The van der Waals surface area contributed by atoms with Crippen LogP contribution in [0, 0.1) is 45.9 Å². The molecule has 1 aliphatic carbocycles. The van der Waals surface area contributed by atoms with E-state index < -0.39 is 27.4 Å². The Hall–Kier alpha value is -8.11. The third kappa shape index (κ3) is 8.52. The number of ether oxygens (including phenoxy) is 1. The van der Waals surface area contributed by atoms with Gasteiger partial charge in [-0.15, -0.1) is 29.7 Å². The fourth-order valence-corrected chi connectivity index (χ4v) is 12.8. The minimum Gasteiger partial charge on any atom is -0.510 e. The molecule has 0 saturated heterocycles. The normalized spacial score (nSPS) is 16.8. The third-order valence-corrected chi connectivity index (χ3v) is 17.1. The quantitative estimate of drug-likeness (QED) is 0.123. The van der Waals surface area contributed by atoms with Gasteiger partial charge in [-0.2, -0.15) is 18.2 Å². The Labute approximate surface area is 514 Å². The molecule has 14 rings (SSSR count). The fraction of sp³-hybridized carbons (Fsp3) is 0.211. The number of rotatable bonds is 6. The van der Waals surface area contributed by atoms with E-state index in [9.17, 15) is 0 Å². The molecule has 0 atom stereocenters. The van der Waals surface area contributed by atoms with E-state index in [-0.39, 0.29) is 76.3 Å². The van der Waals surface area contributed by atoms with E-state index in [1.165, 1.54) is 42.0 Å². The summed E-state index contributed by atoms with van der Waals surface area (Å²) in [6.45, 7) is 4.41. The predicted octanol–water partition coefficient (Wildman–Crippen LogP) is 19.1. The minimum absolute atomic E-state index is 0. The number of aryl methyl sites for hydroxylation is 4. The van der Waals surface area contributed by atoms with Gasteiger partial charge in [0, 0.05) is 60.7 Å². The molecule has 0 spiro atoms. The summed E-state index contributed by atoms with van der Waals surface area (Å²) in [7, 11) is 0. The summed E-state index contributed by atoms with van der Waals surface area (Å²) < 4.78 is 121. The molecule has 0 unspecified atom stereocenters. The van der Waals surface area contributed by atoms with Crippen LogP contribution in [0.25, 0.3) is 106 Å². The van der Waals surface area contributed by atoms with Crippen molar-refractivity contribution in [1.29, 1.82) is 0 Å². The standard InChI is InChI=1S/C76H66N4O.Pt/c1-46-20-16-21-47(2)70(46)50-38-63-56-27-13-12-26-55(56)61-43-64-65(76(10,11)36-35-75(64,8)9)44-62(61)59-29-19-30-60(71-48(3)22-17-23-49(71)4)72(59)79-45-78(68(39-50)73(63)79)52-24-18-25-53(41-52)81-54-32-33-58-57-28-14-15-31-66(57)80(67(58)42-54)69-40-51(34-37-77-69)74(5,6)7;/h12-34,37-40,43-44H,35-36H2,1-11H3;/q-2;/i1D3,2D3,3D3,4D3;. The first-order chi connectivity index (χ1) is 43.8. The molecule has 12 aromatic rings. The molecule has 0 N–H and O–H groups in total. The predicted molar refractivity (Wildman–Crippen MR) is 334 cm³/mol. The molecular formula is C76H66N4OPt-2. The molecule has 4 heterocycles. The van der Waals surface area contributed by atoms with Gasteiger partial charge in [-0.25, -0.2) is 4.98 Å². The maximum Gasteiger partial charge on any atom is 0.268 e. The van der Waals surface area contributed by atoms with E-state index in [0.29, 0.717) is 56.2 Å². The summed E-state index contributed by atoms with van der Waals surface area (Å²) in [6.07, 6.45) is 7.39. The Morgan fingerprint density at radius 2 is 1.15 bits per heavy atom. The molecule has 5 nitrogen and oxygen atoms in total. The van der Waals surface area contributed by atoms with Crippen molar-refractivity contribution in [2.45, 2.75) is 105 Å². The number of benzene rings is 9. The Kier molecular flexibility index (Phi) is 9.76. The molecule has 0 saturated carbocycles. The van der Waals surface area contributed by atoms with Gasteiger partial charge < -0.3 is 13.9 Å². The van der Waals surface area contributed by atoms with Gasteiger partial charge in [0.25, 0.3) is 6.33 Å². The second-order valence-electron chi connectivity index (χ2n) is 24.2. The number of hydrogen-bond donors (Lipinski definition) is 0. The van der Waals surface area contributed by atoms with Crippen LogP contribution in [0.15, 0.2) is 176 Å². The molecule has 0 radical (unpaired) electrons. The molecular weight excluding hydrogens is 1180 g/mol. The molecule has 0 amide bonds. The zero-order valence-corrected chi connectivity index (χ0v) is 48.9. The van der Waals surface area contributed by atoms with Gasteiger partial charge in [-0.1, -0.05) is 163 Å². The summed E-state index contributed by atoms with van der Waals surface area (Å²) in [6, 6.07) is 59.2. The Morgan fingerprint density at radius 3 is 1.84 bits per heavy atom. The molecule has 9 aromatic carbocycles. The van der Waals surface area contributed by atoms with E-state index in [4.69, 9.17) is 26.2 Å². The Balaban J connectivity index is 0.00000803. The van der Waals surface area contributed by atoms with Gasteiger partial charge in [0.05, 0.1) is 16.7 Å². The summed E-state index contributed by atoms with van der Waals surface area (Å²) in [5, 5.41) is 1.96. The first-order valence-corrected chi connectivity index (χ1v) is 27.7. The van der Waals surface area contributed by atoms with Crippen LogP contribution in [0.1, 0.15) is 117 Å². The van der Waals surface area contributed by atoms with Gasteiger partial charge in [0.15, 0.2) is 0 Å². The minimum atomic E-state index is -2.79. The Bertz CT molecular complexity index is 5010. The number of imidazole rings is 1. The van der Waals surface area contributed by atoms with Gasteiger partial charge in [0.2, 0.25) is 0 Å². The second kappa shape index (κ2) is 19.5. The number of nitrogens with zero attached hydrogens (tertiary/aromatic N) is 4. The van der Waals surface area contributed by atoms with Crippen molar-refractivity contribution in [3.8, 4) is 84.3 Å². The number of fused-ring (bicyclic) bond motifs is 11. The molecule has 1 aliphatic heterocycles. The van der Waals surface area contributed by atoms with Crippen molar-refractivity contribution < 1.29 is 46.8 Å². The van der Waals surface area contributed by atoms with Crippen molar-refractivity contribution in [2.24, 2.45) is 0 Å². The molecule has 3 aromatic heterocycles. The summed E-state index contributed by atoms with van der Waals surface area (Å²) in [5.74, 6) is 1.40. The van der Waals surface area contributed by atoms with E-state index in [2.05, 4.69) is 108 Å². The van der Waals surface area contributed by atoms with Crippen LogP contribution >= 0.6 is 0 Å². The molecule has 82 heavy (non-hydrogen) atoms. The smallest absolute Gasteiger partial charge is 0.268 e. The van der Waals surface area contributed by atoms with Crippen molar-refractivity contribution in [1.82, 2.24) is 14.1 Å². The molecule has 408 valence electrons. The van der Waals surface area contributed by atoms with Crippen LogP contribution in [0.3, 0.4) is 0 Å². The maximum absolute atomic E-state index is 9.06. The molecule has 0 bridgehead atoms. The molecule has 0 fully saturated rings. The van der Waals surface area contributed by atoms with Crippen molar-refractivity contribution in [2.75, 3.05) is 0 Å². The van der Waals surface area contributed by atoms with Crippen molar-refractivity contribution >= 4 is 32.8 Å². The van der Waals surface area contributed by atoms with E-state index in [1.54, 1.807) is 22.8 Å². The first kappa shape index (κ1) is 41.0. The van der Waals surface area contributed by atoms with Crippen LogP contribution in [0.2, 0.25) is 0 Å². The Morgan fingerprint density at radius 1 is 0.549 bits per heavy atom. The summed E-state index contributed by atoms with van der Waals surface area (Å²) in [5.41, 5.74) is 10.5. The van der Waals surface area contributed by atoms with Crippen molar-refractivity contribution in [3.05, 3.63) is 233 Å². The van der Waals surface area contributed by atoms with E-state index in [1.807, 2.05) is 89.6 Å². The van der Waals surface area contributed by atoms with Crippen LogP contribution in [0.4, 0.5) is 0 Å². The second-order valence-corrected chi connectivity index (χ2v) is 24.2. The SMILES string of the molecule is [2H]C([2H])([2H])c1cccc(C([2H])([2H])[2H])c1-c1cc2c3c(c1)n(-c1[c-]c(Oc4[c-]c5c(cc4)c4ccccc4n5-c4cc(C(C)(C)C)ccn4)ccc1)[c-][n+]3-c1c(cccc1-c1c(C([2H])([2H])[2H])cccc1C([2H])([2H])[2H])-c1cc3c(cc1-c1ccccc1-2)C(C)(C)CCC3(C)C.[Pt]. The largest absolute Gasteiger partial charge is 0.510 e. The zero-order chi connectivity index (χ0) is 65.9. The third-order valence-electron chi connectivity index (χ3n) is 17.1. The van der Waals surface area contributed by atoms with Gasteiger partial charge in [0.1, 0.15) is 5.82 Å². The first-order valence-electron chi connectivity index (χ1n) is 33.7. The van der Waals surface area contributed by atoms with Crippen LogP contribution < -0.4 is 9.30 Å². The fourth-order valence-electron chi connectivity index (χ4n) is 12.8. The maximum atomic E-state index is 9.06. The number of aromatic nitrogens is 4. The zero-order valence-electron chi connectivity index (χ0n) is 58.7. The average Bonchev–Trinajstić information content (AvgIpc) is 1.46. The van der Waals surface area contributed by atoms with Crippen LogP contribution in [0.5, 0.6) is 11.5 Å². The average molecular weight is 1260 g/mol. The van der Waals surface area contributed by atoms with E-state index >= 15 is 0 Å². The van der Waals surface area contributed by atoms with Gasteiger partial charge in [-0.05, 0) is 192 Å². The molecule has 2 aliphatic rings. The monoisotopic (exact) mass is 1260 g/mol. The van der Waals surface area contributed by atoms with Gasteiger partial charge in [-0.3, -0.25) is 4.57 Å². The van der Waals surface area contributed by atoms with Crippen molar-refractivity contribution in [3.63, 3.8) is 0 Å². The number of para-hydroxylation sites is 2. The topological polar surface area (TPSA) is 35.9 Å². The van der Waals surface area contributed by atoms with Crippen LogP contribution in [-0.2, 0) is 37.3 Å². The van der Waals surface area contributed by atoms with E-state index in [0.717, 1.165) is 68.3 Å². The number of hydrogen-bond acceptors (Lipinski definition) is 2. The number of pyridine rings is 1. The van der Waals surface area contributed by atoms with Crippen LogP contribution in [-0.4, -0.2) is 14.1 Å².